The number of hydrogen-bond acceptors (Lipinski definition) is 2. The Bertz CT molecular complexity index is 453. The molecule has 0 unspecified atom stereocenters. The van der Waals surface area contributed by atoms with Crippen LogP contribution >= 0.6 is 0 Å². The van der Waals surface area contributed by atoms with Crippen LogP contribution in [0.25, 0.3) is 0 Å². The first-order valence-corrected chi connectivity index (χ1v) is 6.85. The van der Waals surface area contributed by atoms with E-state index in [1.165, 1.54) is 11.3 Å². The van der Waals surface area contributed by atoms with Crippen molar-refractivity contribution in [3.05, 3.63) is 29.8 Å². The molecule has 1 fully saturated rings. The molecular weight excluding hydrogens is 238 g/mol. The van der Waals surface area contributed by atoms with Gasteiger partial charge in [0, 0.05) is 18.8 Å². The van der Waals surface area contributed by atoms with Gasteiger partial charge in [-0.1, -0.05) is 32.9 Å². The van der Waals surface area contributed by atoms with Crippen LogP contribution in [0.5, 0.6) is 0 Å². The maximum Gasteiger partial charge on any atom is 0.306 e. The van der Waals surface area contributed by atoms with Crippen molar-refractivity contribution in [1.29, 1.82) is 0 Å². The van der Waals surface area contributed by atoms with Gasteiger partial charge in [-0.05, 0) is 36.0 Å². The van der Waals surface area contributed by atoms with E-state index in [0.29, 0.717) is 6.04 Å². The van der Waals surface area contributed by atoms with Crippen LogP contribution in [0.4, 0.5) is 5.69 Å². The fourth-order valence-corrected chi connectivity index (χ4v) is 2.51. The highest BCUT2D eigenvalue weighted by Gasteiger charge is 2.36. The first kappa shape index (κ1) is 13.9. The largest absolute Gasteiger partial charge is 0.481 e. The normalized spacial score (nSPS) is 22.7. The van der Waals surface area contributed by atoms with E-state index >= 15 is 0 Å². The zero-order chi connectivity index (χ0) is 14.2. The Hall–Kier alpha value is -1.51. The molecule has 2 rings (SSSR count). The number of anilines is 1. The average Bonchev–Trinajstić information content (AvgIpc) is 2.25. The molecule has 0 amide bonds. The third-order valence-electron chi connectivity index (χ3n) is 4.15. The molecule has 1 aromatic rings. The quantitative estimate of drug-likeness (QED) is 0.907. The van der Waals surface area contributed by atoms with E-state index in [2.05, 4.69) is 57.0 Å². The highest BCUT2D eigenvalue weighted by molar-refractivity contribution is 5.71. The SMILES string of the molecule is CN(c1ccc(C(C)(C)C)cc1)C1CC(C(=O)O)C1. The lowest BCUT2D eigenvalue weighted by atomic mass is 9.79. The maximum absolute atomic E-state index is 10.8. The van der Waals surface area contributed by atoms with Crippen molar-refractivity contribution in [2.45, 2.75) is 45.1 Å². The van der Waals surface area contributed by atoms with Gasteiger partial charge in [-0.3, -0.25) is 4.79 Å². The summed E-state index contributed by atoms with van der Waals surface area (Å²) < 4.78 is 0. The fourth-order valence-electron chi connectivity index (χ4n) is 2.51. The van der Waals surface area contributed by atoms with Gasteiger partial charge in [0.05, 0.1) is 5.92 Å². The van der Waals surface area contributed by atoms with Crippen molar-refractivity contribution in [2.24, 2.45) is 5.92 Å². The number of nitrogens with zero attached hydrogens (tertiary/aromatic N) is 1. The molecule has 0 radical (unpaired) electrons. The van der Waals surface area contributed by atoms with E-state index in [1.54, 1.807) is 0 Å². The Morgan fingerprint density at radius 1 is 1.21 bits per heavy atom. The molecule has 19 heavy (non-hydrogen) atoms. The van der Waals surface area contributed by atoms with Crippen LogP contribution in [0.1, 0.15) is 39.2 Å². The van der Waals surface area contributed by atoms with E-state index in [0.717, 1.165) is 12.8 Å². The summed E-state index contributed by atoms with van der Waals surface area (Å²) in [4.78, 5) is 13.0. The third-order valence-corrected chi connectivity index (χ3v) is 4.15. The second-order valence-electron chi connectivity index (χ2n) is 6.57. The number of carbonyl (C=O) groups is 1. The lowest BCUT2D eigenvalue weighted by Crippen LogP contribution is -2.45. The Morgan fingerprint density at radius 3 is 2.16 bits per heavy atom. The Kier molecular flexibility index (Phi) is 3.57. The number of carboxylic acid groups (broad SMARTS) is 1. The molecular formula is C16H23NO2. The minimum Gasteiger partial charge on any atom is -0.481 e. The molecule has 1 saturated carbocycles. The zero-order valence-corrected chi connectivity index (χ0v) is 12.2. The summed E-state index contributed by atoms with van der Waals surface area (Å²) >= 11 is 0. The molecule has 0 saturated heterocycles. The summed E-state index contributed by atoms with van der Waals surface area (Å²) in [6.07, 6.45) is 1.51. The minimum atomic E-state index is -0.660. The van der Waals surface area contributed by atoms with Crippen LogP contribution < -0.4 is 4.90 Å². The fraction of sp³-hybridized carbons (Fsp3) is 0.562. The number of carboxylic acids is 1. The highest BCUT2D eigenvalue weighted by atomic mass is 16.4. The summed E-state index contributed by atoms with van der Waals surface area (Å²) in [5.74, 6) is -0.811. The molecule has 0 spiro atoms. The molecule has 0 bridgehead atoms. The number of rotatable bonds is 3. The minimum absolute atomic E-state index is 0.152. The smallest absolute Gasteiger partial charge is 0.306 e. The lowest BCUT2D eigenvalue weighted by Gasteiger charge is -2.40. The molecule has 0 heterocycles. The number of hydrogen-bond donors (Lipinski definition) is 1. The van der Waals surface area contributed by atoms with Crippen molar-refractivity contribution >= 4 is 11.7 Å². The van der Waals surface area contributed by atoms with Crippen LogP contribution in [-0.2, 0) is 10.2 Å². The zero-order valence-electron chi connectivity index (χ0n) is 12.2. The summed E-state index contributed by atoms with van der Waals surface area (Å²) in [7, 11) is 2.05. The Labute approximate surface area is 115 Å². The van der Waals surface area contributed by atoms with Crippen molar-refractivity contribution in [3.8, 4) is 0 Å². The van der Waals surface area contributed by atoms with Gasteiger partial charge in [0.2, 0.25) is 0 Å². The Balaban J connectivity index is 2.01. The highest BCUT2D eigenvalue weighted by Crippen LogP contribution is 2.34. The molecule has 0 atom stereocenters. The topological polar surface area (TPSA) is 40.5 Å². The van der Waals surface area contributed by atoms with Crippen molar-refractivity contribution < 1.29 is 9.90 Å². The van der Waals surface area contributed by atoms with Gasteiger partial charge >= 0.3 is 5.97 Å². The molecule has 104 valence electrons. The predicted octanol–water partition coefficient (Wildman–Crippen LogP) is 3.28. The van der Waals surface area contributed by atoms with Gasteiger partial charge < -0.3 is 10.0 Å². The molecule has 1 N–H and O–H groups in total. The van der Waals surface area contributed by atoms with Gasteiger partial charge in [-0.15, -0.1) is 0 Å². The first-order valence-electron chi connectivity index (χ1n) is 6.85. The molecule has 1 aliphatic carbocycles. The third kappa shape index (κ3) is 2.91. The van der Waals surface area contributed by atoms with E-state index in [9.17, 15) is 4.79 Å². The van der Waals surface area contributed by atoms with E-state index < -0.39 is 5.97 Å². The molecule has 1 aliphatic rings. The van der Waals surface area contributed by atoms with Gasteiger partial charge in [0.15, 0.2) is 0 Å². The molecule has 1 aromatic carbocycles. The van der Waals surface area contributed by atoms with Crippen molar-refractivity contribution in [2.75, 3.05) is 11.9 Å². The standard InChI is InChI=1S/C16H23NO2/c1-16(2,3)12-5-7-13(8-6-12)17(4)14-9-11(10-14)15(18)19/h5-8,11,14H,9-10H2,1-4H3,(H,18,19). The summed E-state index contributed by atoms with van der Waals surface area (Å²) in [6, 6.07) is 8.96. The summed E-state index contributed by atoms with van der Waals surface area (Å²) in [5, 5.41) is 8.91. The second-order valence-corrected chi connectivity index (χ2v) is 6.57. The summed E-state index contributed by atoms with van der Waals surface area (Å²) in [6.45, 7) is 6.61. The van der Waals surface area contributed by atoms with Gasteiger partial charge in [0.25, 0.3) is 0 Å². The Morgan fingerprint density at radius 2 is 1.74 bits per heavy atom. The monoisotopic (exact) mass is 261 g/mol. The van der Waals surface area contributed by atoms with E-state index in [-0.39, 0.29) is 11.3 Å². The van der Waals surface area contributed by atoms with E-state index in [4.69, 9.17) is 5.11 Å². The summed E-state index contributed by atoms with van der Waals surface area (Å²) in [5.41, 5.74) is 2.66. The van der Waals surface area contributed by atoms with Crippen LogP contribution in [-0.4, -0.2) is 24.2 Å². The van der Waals surface area contributed by atoms with Gasteiger partial charge in [0.1, 0.15) is 0 Å². The molecule has 0 aliphatic heterocycles. The van der Waals surface area contributed by atoms with Crippen LogP contribution in [0.3, 0.4) is 0 Å². The average molecular weight is 261 g/mol. The molecule has 3 heteroatoms. The van der Waals surface area contributed by atoms with Gasteiger partial charge in [-0.25, -0.2) is 0 Å². The van der Waals surface area contributed by atoms with E-state index in [1.807, 2.05) is 0 Å². The van der Waals surface area contributed by atoms with Crippen LogP contribution in [0.15, 0.2) is 24.3 Å². The second kappa shape index (κ2) is 4.87. The maximum atomic E-state index is 10.8. The van der Waals surface area contributed by atoms with Gasteiger partial charge in [-0.2, -0.15) is 0 Å². The number of aliphatic carboxylic acids is 1. The number of benzene rings is 1. The first-order chi connectivity index (χ1) is 8.79. The molecule has 0 aromatic heterocycles. The van der Waals surface area contributed by atoms with Crippen LogP contribution in [0, 0.1) is 5.92 Å². The molecule has 3 nitrogen and oxygen atoms in total. The van der Waals surface area contributed by atoms with Crippen molar-refractivity contribution in [3.63, 3.8) is 0 Å². The van der Waals surface area contributed by atoms with Crippen LogP contribution in [0.2, 0.25) is 0 Å². The lowest BCUT2D eigenvalue weighted by molar-refractivity contribution is -0.145. The van der Waals surface area contributed by atoms with Crippen molar-refractivity contribution in [1.82, 2.24) is 0 Å². The predicted molar refractivity (Wildman–Crippen MR) is 77.7 cm³/mol.